The molecule has 1 aliphatic heterocycles. The van der Waals surface area contributed by atoms with Gasteiger partial charge in [0.2, 0.25) is 0 Å². The Morgan fingerprint density at radius 1 is 1.43 bits per heavy atom. The van der Waals surface area contributed by atoms with Crippen LogP contribution in [0.25, 0.3) is 0 Å². The van der Waals surface area contributed by atoms with E-state index < -0.39 is 43.5 Å². The quantitative estimate of drug-likeness (QED) is 0.417. The first-order chi connectivity index (χ1) is 9.67. The van der Waals surface area contributed by atoms with Crippen LogP contribution in [0.15, 0.2) is 15.8 Å². The first-order valence-corrected chi connectivity index (χ1v) is 8.03. The van der Waals surface area contributed by atoms with Crippen LogP contribution >= 0.6 is 7.60 Å². The summed E-state index contributed by atoms with van der Waals surface area (Å²) in [4.78, 5) is 46.2. The predicted molar refractivity (Wildman–Crippen MR) is 66.6 cm³/mol. The Balaban J connectivity index is 0.00000242. The molecule has 1 N–H and O–H groups in total. The van der Waals surface area contributed by atoms with Crippen molar-refractivity contribution in [3.63, 3.8) is 0 Å². The molecule has 2 heterocycles. The first-order valence-electron chi connectivity index (χ1n) is 6.30. The fourth-order valence-corrected chi connectivity index (χ4v) is 2.77. The number of aromatic amines is 1. The number of nitrogens with one attached hydrogen (secondary N) is 1. The summed E-state index contributed by atoms with van der Waals surface area (Å²) in [6.45, 7) is 1.49. The summed E-state index contributed by atoms with van der Waals surface area (Å²) in [6.07, 6.45) is -3.36. The molecule has 1 aromatic heterocycles. The molecule has 118 valence electrons. The van der Waals surface area contributed by atoms with E-state index in [2.05, 4.69) is 4.98 Å². The molecular formula is C11H14FN2Na2O6P. The van der Waals surface area contributed by atoms with Crippen molar-refractivity contribution in [2.24, 2.45) is 0 Å². The van der Waals surface area contributed by atoms with Crippen molar-refractivity contribution >= 4 is 7.60 Å². The van der Waals surface area contributed by atoms with Crippen molar-refractivity contribution in [3.8, 4) is 0 Å². The van der Waals surface area contributed by atoms with Gasteiger partial charge >= 0.3 is 64.8 Å². The van der Waals surface area contributed by atoms with E-state index in [1.165, 1.54) is 13.1 Å². The standard InChI is InChI=1S/C11H16FN2O6P.2Na/c1-6-5-14(11(16)13-10(6)15)9-4-7(12)8(20-9)2-3-21(17,18)19;;/h5,7-9H,2-4H2,1H3,(H,13,15,16)(H2,17,18,19);;/q;2*+1/p-2/t7-,8+,9-;;/m0../s1. The zero-order chi connectivity index (χ0) is 15.8. The molecule has 1 saturated heterocycles. The minimum Gasteiger partial charge on any atom is -0.811 e. The molecule has 2 rings (SSSR count). The third-order valence-electron chi connectivity index (χ3n) is 3.31. The number of nitrogens with zero attached hydrogens (tertiary/aromatic N) is 1. The molecular weight excluding hydrogens is 352 g/mol. The summed E-state index contributed by atoms with van der Waals surface area (Å²) >= 11 is 0. The number of aryl methyl sites for hydroxylation is 1. The second-order valence-electron chi connectivity index (χ2n) is 4.98. The maximum absolute atomic E-state index is 13.8. The molecule has 0 aromatic carbocycles. The maximum Gasteiger partial charge on any atom is 1.00 e. The summed E-state index contributed by atoms with van der Waals surface area (Å²) in [5.74, 6) is 0. The van der Waals surface area contributed by atoms with Gasteiger partial charge in [0.25, 0.3) is 5.56 Å². The molecule has 0 radical (unpaired) electrons. The predicted octanol–water partition coefficient (Wildman–Crippen LogP) is -7.22. The van der Waals surface area contributed by atoms with Gasteiger partial charge in [-0.15, -0.1) is 0 Å². The third-order valence-corrected chi connectivity index (χ3v) is 4.11. The minimum absolute atomic E-state index is 0. The van der Waals surface area contributed by atoms with Crippen molar-refractivity contribution in [1.82, 2.24) is 9.55 Å². The van der Waals surface area contributed by atoms with Crippen molar-refractivity contribution < 1.29 is 82.6 Å². The van der Waals surface area contributed by atoms with Gasteiger partial charge in [0.15, 0.2) is 0 Å². The van der Waals surface area contributed by atoms with Gasteiger partial charge in [-0.2, -0.15) is 0 Å². The van der Waals surface area contributed by atoms with Gasteiger partial charge in [0.1, 0.15) is 12.4 Å². The van der Waals surface area contributed by atoms with E-state index in [9.17, 15) is 28.3 Å². The topological polar surface area (TPSA) is 127 Å². The second-order valence-corrected chi connectivity index (χ2v) is 6.65. The van der Waals surface area contributed by atoms with E-state index in [0.29, 0.717) is 0 Å². The monoisotopic (exact) mass is 366 g/mol. The Hall–Kier alpha value is 0.720. The Bertz CT molecular complexity index is 690. The molecule has 0 aliphatic carbocycles. The molecule has 0 bridgehead atoms. The number of hydrogen-bond acceptors (Lipinski definition) is 6. The van der Waals surface area contributed by atoms with E-state index in [1.807, 2.05) is 0 Å². The number of ether oxygens (including phenoxy) is 1. The van der Waals surface area contributed by atoms with E-state index >= 15 is 0 Å². The SMILES string of the molecule is Cc1cn([C@@H]2C[C@H](F)[C@@H](CCP(=O)([O-])[O-])O2)c(=O)[nH]c1=O.[Na+].[Na+]. The zero-order valence-corrected chi connectivity index (χ0v) is 18.0. The van der Waals surface area contributed by atoms with Crippen molar-refractivity contribution in [1.29, 1.82) is 0 Å². The minimum atomic E-state index is -4.72. The summed E-state index contributed by atoms with van der Waals surface area (Å²) in [5, 5.41) is 0. The molecule has 1 aliphatic rings. The van der Waals surface area contributed by atoms with Crippen LogP contribution in [0.4, 0.5) is 4.39 Å². The Morgan fingerprint density at radius 2 is 2.04 bits per heavy atom. The fourth-order valence-electron chi connectivity index (χ4n) is 2.20. The number of halogens is 1. The Kier molecular flexibility index (Phi) is 9.72. The molecule has 0 unspecified atom stereocenters. The number of hydrogen-bond donors (Lipinski definition) is 1. The maximum atomic E-state index is 13.8. The van der Waals surface area contributed by atoms with Gasteiger partial charge in [-0.3, -0.25) is 14.3 Å². The van der Waals surface area contributed by atoms with Crippen LogP contribution in [0.1, 0.15) is 24.6 Å². The van der Waals surface area contributed by atoms with Crippen LogP contribution in [-0.2, 0) is 9.30 Å². The van der Waals surface area contributed by atoms with Gasteiger partial charge in [-0.05, 0) is 19.5 Å². The zero-order valence-electron chi connectivity index (χ0n) is 13.2. The van der Waals surface area contributed by atoms with E-state index in [0.717, 1.165) is 4.57 Å². The van der Waals surface area contributed by atoms with Crippen molar-refractivity contribution in [2.45, 2.75) is 38.3 Å². The van der Waals surface area contributed by atoms with E-state index in [1.54, 1.807) is 0 Å². The fraction of sp³-hybridized carbons (Fsp3) is 0.636. The molecule has 23 heavy (non-hydrogen) atoms. The number of H-pyrrole nitrogens is 1. The molecule has 3 atom stereocenters. The Labute approximate surface area is 175 Å². The van der Waals surface area contributed by atoms with Crippen LogP contribution in [0.3, 0.4) is 0 Å². The molecule has 1 aromatic rings. The van der Waals surface area contributed by atoms with Gasteiger partial charge in [0, 0.05) is 18.2 Å². The first kappa shape index (κ1) is 23.7. The molecule has 1 fully saturated rings. The van der Waals surface area contributed by atoms with Gasteiger partial charge in [0.05, 0.1) is 6.10 Å². The Morgan fingerprint density at radius 3 is 2.61 bits per heavy atom. The van der Waals surface area contributed by atoms with E-state index in [-0.39, 0.29) is 77.5 Å². The molecule has 12 heteroatoms. The second kappa shape index (κ2) is 9.43. The number of aromatic nitrogens is 2. The van der Waals surface area contributed by atoms with Crippen LogP contribution < -0.4 is 80.2 Å². The summed E-state index contributed by atoms with van der Waals surface area (Å²) < 4.78 is 30.7. The van der Waals surface area contributed by atoms with Crippen LogP contribution in [0, 0.1) is 6.92 Å². The normalized spacial score (nSPS) is 23.9. The average molecular weight is 366 g/mol. The van der Waals surface area contributed by atoms with Crippen LogP contribution in [0.2, 0.25) is 0 Å². The van der Waals surface area contributed by atoms with Gasteiger partial charge < -0.3 is 19.1 Å². The molecule has 0 saturated carbocycles. The van der Waals surface area contributed by atoms with E-state index in [4.69, 9.17) is 4.74 Å². The summed E-state index contributed by atoms with van der Waals surface area (Å²) in [7, 11) is -4.72. The van der Waals surface area contributed by atoms with Crippen molar-refractivity contribution in [2.75, 3.05) is 6.16 Å². The summed E-state index contributed by atoms with van der Waals surface area (Å²) in [6, 6.07) is 0. The van der Waals surface area contributed by atoms with Crippen LogP contribution in [0.5, 0.6) is 0 Å². The molecule has 0 spiro atoms. The largest absolute Gasteiger partial charge is 1.00 e. The third kappa shape index (κ3) is 6.51. The van der Waals surface area contributed by atoms with Crippen LogP contribution in [-0.4, -0.2) is 28.0 Å². The summed E-state index contributed by atoms with van der Waals surface area (Å²) in [5.41, 5.74) is -1.01. The number of rotatable bonds is 4. The van der Waals surface area contributed by atoms with Crippen molar-refractivity contribution in [3.05, 3.63) is 32.6 Å². The smallest absolute Gasteiger partial charge is 0.811 e. The number of alkyl halides is 1. The molecule has 8 nitrogen and oxygen atoms in total. The van der Waals surface area contributed by atoms with Gasteiger partial charge in [-0.25, -0.2) is 9.18 Å². The molecule has 0 amide bonds. The average Bonchev–Trinajstić information content (AvgIpc) is 2.72. The van der Waals surface area contributed by atoms with Gasteiger partial charge in [-0.1, -0.05) is 7.60 Å².